The Morgan fingerprint density at radius 3 is 2.48 bits per heavy atom. The fraction of sp³-hybridized carbons (Fsp3) is 0.316. The molecule has 0 spiro atoms. The van der Waals surface area contributed by atoms with E-state index in [9.17, 15) is 9.90 Å². The third-order valence-corrected chi connectivity index (χ3v) is 3.96. The summed E-state index contributed by atoms with van der Waals surface area (Å²) in [6, 6.07) is 15.1. The van der Waals surface area contributed by atoms with Gasteiger partial charge in [-0.25, -0.2) is 0 Å². The van der Waals surface area contributed by atoms with Crippen LogP contribution in [0.2, 0.25) is 0 Å². The van der Waals surface area contributed by atoms with Crippen LogP contribution in [-0.2, 0) is 4.79 Å². The van der Waals surface area contributed by atoms with Crippen molar-refractivity contribution in [3.05, 3.63) is 59.7 Å². The lowest BCUT2D eigenvalue weighted by Gasteiger charge is -2.20. The number of phenolic OH excluding ortho intramolecular Hbond substituents is 1. The molecular formula is C19H23NO3. The Morgan fingerprint density at radius 2 is 1.87 bits per heavy atom. The molecule has 0 heterocycles. The third-order valence-electron chi connectivity index (χ3n) is 3.96. The number of benzene rings is 2. The monoisotopic (exact) mass is 313 g/mol. The summed E-state index contributed by atoms with van der Waals surface area (Å²) in [5, 5.41) is 10.3. The van der Waals surface area contributed by atoms with Crippen LogP contribution in [0, 0.1) is 0 Å². The van der Waals surface area contributed by atoms with Crippen molar-refractivity contribution in [2.45, 2.75) is 18.8 Å². The Kier molecular flexibility index (Phi) is 5.63. The van der Waals surface area contributed by atoms with Crippen LogP contribution in [-0.4, -0.2) is 37.1 Å². The first-order chi connectivity index (χ1) is 11.0. The molecule has 4 nitrogen and oxygen atoms in total. The predicted octanol–water partition coefficient (Wildman–Crippen LogP) is 3.40. The minimum atomic E-state index is -0.0600. The zero-order valence-electron chi connectivity index (χ0n) is 13.8. The largest absolute Gasteiger partial charge is 0.508 e. The number of carbonyl (C=O) groups is 1. The van der Waals surface area contributed by atoms with E-state index in [1.807, 2.05) is 36.4 Å². The van der Waals surface area contributed by atoms with Gasteiger partial charge in [-0.1, -0.05) is 30.3 Å². The van der Waals surface area contributed by atoms with E-state index in [1.165, 1.54) is 0 Å². The van der Waals surface area contributed by atoms with Crippen LogP contribution in [0.4, 0.5) is 0 Å². The fourth-order valence-electron chi connectivity index (χ4n) is 2.62. The maximum atomic E-state index is 12.0. The average molecular weight is 313 g/mol. The van der Waals surface area contributed by atoms with Crippen LogP contribution in [0.3, 0.4) is 0 Å². The molecule has 122 valence electrons. The summed E-state index contributed by atoms with van der Waals surface area (Å²) in [5.74, 6) is 0.929. The van der Waals surface area contributed by atoms with Crippen molar-refractivity contribution in [2.24, 2.45) is 0 Å². The van der Waals surface area contributed by atoms with Gasteiger partial charge >= 0.3 is 0 Å². The van der Waals surface area contributed by atoms with Gasteiger partial charge in [-0.3, -0.25) is 4.79 Å². The number of methoxy groups -OCH3 is 1. The number of hydrogen-bond acceptors (Lipinski definition) is 3. The second-order valence-electron chi connectivity index (χ2n) is 5.71. The highest BCUT2D eigenvalue weighted by Gasteiger charge is 2.20. The summed E-state index contributed by atoms with van der Waals surface area (Å²) in [7, 11) is 5.11. The number of ether oxygens (including phenoxy) is 1. The second kappa shape index (κ2) is 7.68. The number of amides is 1. The standard InChI is InChI=1S/C19H23NO3/c1-20(2)19(22)12-10-16(14-7-5-4-6-8-14)17-13-15(23-3)9-11-18(17)21/h4-9,11,13,16,21H,10,12H2,1-3H3. The summed E-state index contributed by atoms with van der Waals surface area (Å²) >= 11 is 0. The van der Waals surface area contributed by atoms with E-state index in [2.05, 4.69) is 0 Å². The summed E-state index contributed by atoms with van der Waals surface area (Å²) in [6.45, 7) is 0. The summed E-state index contributed by atoms with van der Waals surface area (Å²) in [6.07, 6.45) is 1.05. The molecule has 23 heavy (non-hydrogen) atoms. The normalized spacial score (nSPS) is 11.8. The molecule has 0 aromatic heterocycles. The van der Waals surface area contributed by atoms with Crippen molar-refractivity contribution in [1.82, 2.24) is 4.90 Å². The number of rotatable bonds is 6. The van der Waals surface area contributed by atoms with E-state index < -0.39 is 0 Å². The highest BCUT2D eigenvalue weighted by atomic mass is 16.5. The first-order valence-corrected chi connectivity index (χ1v) is 7.65. The lowest BCUT2D eigenvalue weighted by Crippen LogP contribution is -2.22. The third kappa shape index (κ3) is 4.25. The number of phenols is 1. The molecule has 1 atom stereocenters. The molecule has 0 radical (unpaired) electrons. The van der Waals surface area contributed by atoms with Gasteiger partial charge in [0.2, 0.25) is 5.91 Å². The highest BCUT2D eigenvalue weighted by molar-refractivity contribution is 5.75. The lowest BCUT2D eigenvalue weighted by atomic mass is 9.86. The van der Waals surface area contributed by atoms with Crippen molar-refractivity contribution < 1.29 is 14.6 Å². The van der Waals surface area contributed by atoms with Gasteiger partial charge in [-0.15, -0.1) is 0 Å². The molecular weight excluding hydrogens is 290 g/mol. The SMILES string of the molecule is COc1ccc(O)c(C(CCC(=O)N(C)C)c2ccccc2)c1. The molecule has 0 aliphatic rings. The number of aromatic hydroxyl groups is 1. The molecule has 1 N–H and O–H groups in total. The van der Waals surface area contributed by atoms with E-state index >= 15 is 0 Å². The Labute approximate surface area is 137 Å². The predicted molar refractivity (Wildman–Crippen MR) is 90.9 cm³/mol. The lowest BCUT2D eigenvalue weighted by molar-refractivity contribution is -0.128. The smallest absolute Gasteiger partial charge is 0.222 e. The maximum Gasteiger partial charge on any atom is 0.222 e. The zero-order chi connectivity index (χ0) is 16.8. The van der Waals surface area contributed by atoms with E-state index in [0.717, 1.165) is 11.1 Å². The Bertz CT molecular complexity index is 653. The summed E-state index contributed by atoms with van der Waals surface area (Å²) in [4.78, 5) is 13.5. The van der Waals surface area contributed by atoms with E-state index in [4.69, 9.17) is 4.74 Å². The van der Waals surface area contributed by atoms with Crippen LogP contribution in [0.15, 0.2) is 48.5 Å². The molecule has 0 aliphatic carbocycles. The van der Waals surface area contributed by atoms with Gasteiger partial charge in [0.25, 0.3) is 0 Å². The molecule has 2 aromatic carbocycles. The summed E-state index contributed by atoms with van der Waals surface area (Å²) in [5.41, 5.74) is 1.85. The van der Waals surface area contributed by atoms with Crippen LogP contribution in [0.5, 0.6) is 11.5 Å². The van der Waals surface area contributed by atoms with E-state index in [-0.39, 0.29) is 17.6 Å². The zero-order valence-corrected chi connectivity index (χ0v) is 13.8. The molecule has 0 saturated carbocycles. The van der Waals surface area contributed by atoms with Gasteiger partial charge in [0.05, 0.1) is 7.11 Å². The summed E-state index contributed by atoms with van der Waals surface area (Å²) < 4.78 is 5.27. The van der Waals surface area contributed by atoms with Gasteiger partial charge in [-0.2, -0.15) is 0 Å². The topological polar surface area (TPSA) is 49.8 Å². The molecule has 0 aliphatic heterocycles. The highest BCUT2D eigenvalue weighted by Crippen LogP contribution is 2.36. The minimum absolute atomic E-state index is 0.0600. The first-order valence-electron chi connectivity index (χ1n) is 7.65. The Morgan fingerprint density at radius 1 is 1.17 bits per heavy atom. The van der Waals surface area contributed by atoms with Crippen LogP contribution in [0.1, 0.15) is 29.9 Å². The van der Waals surface area contributed by atoms with Gasteiger partial charge in [-0.05, 0) is 30.2 Å². The van der Waals surface area contributed by atoms with Gasteiger partial charge in [0.15, 0.2) is 0 Å². The van der Waals surface area contributed by atoms with E-state index in [0.29, 0.717) is 18.6 Å². The van der Waals surface area contributed by atoms with Crippen molar-refractivity contribution in [3.8, 4) is 11.5 Å². The first kappa shape index (κ1) is 16.9. The average Bonchev–Trinajstić information content (AvgIpc) is 2.57. The number of carbonyl (C=O) groups excluding carboxylic acids is 1. The molecule has 2 rings (SSSR count). The molecule has 1 amide bonds. The van der Waals surface area contributed by atoms with Crippen LogP contribution >= 0.6 is 0 Å². The number of hydrogen-bond donors (Lipinski definition) is 1. The fourth-order valence-corrected chi connectivity index (χ4v) is 2.62. The second-order valence-corrected chi connectivity index (χ2v) is 5.71. The van der Waals surface area contributed by atoms with Gasteiger partial charge in [0, 0.05) is 32.0 Å². The van der Waals surface area contributed by atoms with Gasteiger partial charge in [0.1, 0.15) is 11.5 Å². The van der Waals surface area contributed by atoms with Crippen molar-refractivity contribution in [2.75, 3.05) is 21.2 Å². The van der Waals surface area contributed by atoms with Gasteiger partial charge < -0.3 is 14.7 Å². The molecule has 0 fully saturated rings. The Hall–Kier alpha value is -2.49. The van der Waals surface area contributed by atoms with E-state index in [1.54, 1.807) is 38.2 Å². The molecule has 2 aromatic rings. The molecule has 0 saturated heterocycles. The number of nitrogens with zero attached hydrogens (tertiary/aromatic N) is 1. The molecule has 4 heteroatoms. The minimum Gasteiger partial charge on any atom is -0.508 e. The van der Waals surface area contributed by atoms with Crippen LogP contribution < -0.4 is 4.74 Å². The van der Waals surface area contributed by atoms with Crippen LogP contribution in [0.25, 0.3) is 0 Å². The molecule has 1 unspecified atom stereocenters. The maximum absolute atomic E-state index is 12.0. The van der Waals surface area contributed by atoms with Crippen molar-refractivity contribution in [3.63, 3.8) is 0 Å². The van der Waals surface area contributed by atoms with Crippen molar-refractivity contribution in [1.29, 1.82) is 0 Å². The Balaban J connectivity index is 2.36. The quantitative estimate of drug-likeness (QED) is 0.889. The molecule has 0 bridgehead atoms. The van der Waals surface area contributed by atoms with Crippen molar-refractivity contribution >= 4 is 5.91 Å².